The van der Waals surface area contributed by atoms with Crippen molar-refractivity contribution in [2.45, 2.75) is 61.7 Å². The maximum Gasteiger partial charge on any atom is 0.416 e. The molecule has 0 aromatic heterocycles. The number of hydrogen-bond acceptors (Lipinski definition) is 3. The number of fused-ring (bicyclic) bond motifs is 3. The van der Waals surface area contributed by atoms with Gasteiger partial charge in [-0.15, -0.1) is 0 Å². The molecule has 2 aromatic rings. The molecule has 0 heterocycles. The van der Waals surface area contributed by atoms with E-state index in [9.17, 15) is 30.8 Å². The monoisotopic (exact) mass is 484 g/mol. The van der Waals surface area contributed by atoms with Gasteiger partial charge in [-0.1, -0.05) is 12.1 Å². The quantitative estimate of drug-likeness (QED) is 0.592. The fourth-order valence-electron chi connectivity index (χ4n) is 4.82. The highest BCUT2D eigenvalue weighted by Gasteiger charge is 2.53. The molecule has 3 saturated carbocycles. The van der Waals surface area contributed by atoms with E-state index in [-0.39, 0.29) is 23.2 Å². The Labute approximate surface area is 189 Å². The lowest BCUT2D eigenvalue weighted by molar-refractivity contribution is -0.138. The average Bonchev–Trinajstić information content (AvgIpc) is 2.79. The van der Waals surface area contributed by atoms with Crippen LogP contribution in [-0.4, -0.2) is 19.9 Å². The molecule has 0 radical (unpaired) electrons. The number of carbonyl (C=O) groups is 1. The third-order valence-electron chi connectivity index (χ3n) is 6.94. The van der Waals surface area contributed by atoms with E-state index in [0.29, 0.717) is 38.5 Å². The van der Waals surface area contributed by atoms with Gasteiger partial charge in [-0.25, -0.2) is 17.5 Å². The van der Waals surface area contributed by atoms with E-state index in [4.69, 9.17) is 0 Å². The van der Waals surface area contributed by atoms with Crippen molar-refractivity contribution in [2.24, 2.45) is 5.41 Å². The molecule has 10 heteroatoms. The molecular formula is C23H24F4N2O3S. The second-order valence-electron chi connectivity index (χ2n) is 9.00. The molecule has 0 saturated heterocycles. The second kappa shape index (κ2) is 8.39. The van der Waals surface area contributed by atoms with E-state index in [1.165, 1.54) is 12.1 Å². The Kier molecular flexibility index (Phi) is 6.03. The zero-order valence-corrected chi connectivity index (χ0v) is 18.5. The number of sulfonamides is 1. The van der Waals surface area contributed by atoms with Crippen molar-refractivity contribution >= 4 is 15.9 Å². The molecule has 33 heavy (non-hydrogen) atoms. The zero-order chi connectivity index (χ0) is 23.9. The van der Waals surface area contributed by atoms with Gasteiger partial charge >= 0.3 is 6.18 Å². The largest absolute Gasteiger partial charge is 0.416 e. The van der Waals surface area contributed by atoms with Crippen LogP contribution in [0.3, 0.4) is 0 Å². The maximum absolute atomic E-state index is 13.0. The van der Waals surface area contributed by atoms with Crippen molar-refractivity contribution in [1.29, 1.82) is 0 Å². The van der Waals surface area contributed by atoms with E-state index in [1.807, 2.05) is 0 Å². The van der Waals surface area contributed by atoms with Gasteiger partial charge in [-0.3, -0.25) is 4.79 Å². The average molecular weight is 485 g/mol. The molecule has 2 bridgehead atoms. The van der Waals surface area contributed by atoms with Crippen molar-refractivity contribution in [1.82, 2.24) is 10.0 Å². The van der Waals surface area contributed by atoms with Crippen molar-refractivity contribution in [2.75, 3.05) is 0 Å². The Morgan fingerprint density at radius 3 is 1.94 bits per heavy atom. The Bertz CT molecular complexity index is 1110. The summed E-state index contributed by atoms with van der Waals surface area (Å²) < 4.78 is 79.7. The molecule has 0 unspecified atom stereocenters. The number of halogens is 4. The summed E-state index contributed by atoms with van der Waals surface area (Å²) in [6.07, 6.45) is -1.60. The van der Waals surface area contributed by atoms with Crippen molar-refractivity contribution < 1.29 is 30.8 Å². The molecule has 3 fully saturated rings. The number of nitrogens with one attached hydrogen (secondary N) is 2. The predicted octanol–water partition coefficient (Wildman–Crippen LogP) is 4.53. The minimum Gasteiger partial charge on any atom is -0.352 e. The van der Waals surface area contributed by atoms with Gasteiger partial charge in [0.25, 0.3) is 0 Å². The van der Waals surface area contributed by atoms with Crippen LogP contribution in [0.2, 0.25) is 0 Å². The molecule has 2 aromatic carbocycles. The Morgan fingerprint density at radius 1 is 0.879 bits per heavy atom. The van der Waals surface area contributed by atoms with Crippen LogP contribution in [0, 0.1) is 11.2 Å². The number of hydrogen-bond donors (Lipinski definition) is 2. The van der Waals surface area contributed by atoms with E-state index >= 15 is 0 Å². The summed E-state index contributed by atoms with van der Waals surface area (Å²) in [5.74, 6) is -0.441. The van der Waals surface area contributed by atoms with Gasteiger partial charge in [0, 0.05) is 17.5 Å². The van der Waals surface area contributed by atoms with Crippen molar-refractivity contribution in [3.8, 4) is 0 Å². The van der Waals surface area contributed by atoms with Crippen molar-refractivity contribution in [3.05, 3.63) is 65.5 Å². The normalized spacial score (nSPS) is 25.1. The first-order valence-corrected chi connectivity index (χ1v) is 12.2. The van der Waals surface area contributed by atoms with E-state index in [2.05, 4.69) is 10.0 Å². The fraction of sp³-hybridized carbons (Fsp3) is 0.435. The molecule has 1 amide bonds. The third kappa shape index (κ3) is 4.91. The van der Waals surface area contributed by atoms with Crippen LogP contribution in [0.25, 0.3) is 0 Å². The first-order valence-electron chi connectivity index (χ1n) is 10.7. The van der Waals surface area contributed by atoms with Crippen molar-refractivity contribution in [3.63, 3.8) is 0 Å². The number of amides is 1. The Morgan fingerprint density at radius 2 is 1.42 bits per heavy atom. The SMILES string of the molecule is O=C(NCc1ccc(F)cc1)C12CCC(NS(=O)(=O)c3ccc(C(F)(F)F)cc3)(CC1)CC2. The Balaban J connectivity index is 1.39. The molecule has 3 aliphatic rings. The summed E-state index contributed by atoms with van der Waals surface area (Å²) in [5, 5.41) is 2.92. The van der Waals surface area contributed by atoms with Gasteiger partial charge in [-0.2, -0.15) is 13.2 Å². The standard InChI is InChI=1S/C23H24F4N2O3S/c24-18-5-1-16(2-6-18)15-28-20(30)21-9-12-22(13-10-21,14-11-21)29-33(31,32)19-7-3-17(4-8-19)23(25,26)27/h1-8,29H,9-15H2,(H,28,30). The van der Waals surface area contributed by atoms with E-state index < -0.39 is 32.7 Å². The zero-order valence-electron chi connectivity index (χ0n) is 17.7. The van der Waals surface area contributed by atoms with Crippen LogP contribution in [0.4, 0.5) is 17.6 Å². The summed E-state index contributed by atoms with van der Waals surface area (Å²) >= 11 is 0. The van der Waals surface area contributed by atoms with Crippen LogP contribution in [-0.2, 0) is 27.5 Å². The molecular weight excluding hydrogens is 460 g/mol. The van der Waals surface area contributed by atoms with Crippen LogP contribution in [0.5, 0.6) is 0 Å². The highest BCUT2D eigenvalue weighted by Crippen LogP contribution is 2.53. The molecule has 5 rings (SSSR count). The number of rotatable bonds is 6. The van der Waals surface area contributed by atoms with Gasteiger partial charge in [0.1, 0.15) is 5.82 Å². The third-order valence-corrected chi connectivity index (χ3v) is 8.53. The second-order valence-corrected chi connectivity index (χ2v) is 10.7. The highest BCUT2D eigenvalue weighted by atomic mass is 32.2. The van der Waals surface area contributed by atoms with Gasteiger partial charge < -0.3 is 5.32 Å². The summed E-state index contributed by atoms with van der Waals surface area (Å²) in [6, 6.07) is 9.30. The van der Waals surface area contributed by atoms with Gasteiger partial charge in [0.15, 0.2) is 0 Å². The lowest BCUT2D eigenvalue weighted by atomic mass is 9.57. The number of alkyl halides is 3. The number of carbonyl (C=O) groups excluding carboxylic acids is 1. The van der Waals surface area contributed by atoms with Gasteiger partial charge in [0.2, 0.25) is 15.9 Å². The molecule has 0 spiro atoms. The van der Waals surface area contributed by atoms with Gasteiger partial charge in [0.05, 0.1) is 10.5 Å². The first-order chi connectivity index (χ1) is 15.4. The lowest BCUT2D eigenvalue weighted by Gasteiger charge is -2.52. The fourth-order valence-corrected chi connectivity index (χ4v) is 6.31. The summed E-state index contributed by atoms with van der Waals surface area (Å²) in [7, 11) is -4.01. The molecule has 0 aliphatic heterocycles. The molecule has 2 N–H and O–H groups in total. The minimum absolute atomic E-state index is 0.0919. The summed E-state index contributed by atoms with van der Waals surface area (Å²) in [6.45, 7) is 0.284. The van der Waals surface area contributed by atoms with Gasteiger partial charge in [-0.05, 0) is 80.5 Å². The summed E-state index contributed by atoms with van der Waals surface area (Å²) in [5.41, 5.74) is -1.40. The lowest BCUT2D eigenvalue weighted by Crippen LogP contribution is -2.59. The topological polar surface area (TPSA) is 75.3 Å². The maximum atomic E-state index is 13.0. The minimum atomic E-state index is -4.54. The summed E-state index contributed by atoms with van der Waals surface area (Å²) in [4.78, 5) is 12.7. The van der Waals surface area contributed by atoms with E-state index in [0.717, 1.165) is 29.8 Å². The molecule has 178 valence electrons. The molecule has 5 nitrogen and oxygen atoms in total. The molecule has 3 aliphatic carbocycles. The molecule has 0 atom stereocenters. The van der Waals surface area contributed by atoms with Crippen LogP contribution < -0.4 is 10.0 Å². The van der Waals surface area contributed by atoms with Crippen LogP contribution in [0.1, 0.15) is 49.7 Å². The van der Waals surface area contributed by atoms with E-state index in [1.54, 1.807) is 12.1 Å². The first kappa shape index (κ1) is 23.7. The van der Waals surface area contributed by atoms with Crippen LogP contribution >= 0.6 is 0 Å². The number of benzene rings is 2. The Hall–Kier alpha value is -2.46. The highest BCUT2D eigenvalue weighted by molar-refractivity contribution is 7.89. The smallest absolute Gasteiger partial charge is 0.352 e. The predicted molar refractivity (Wildman–Crippen MR) is 113 cm³/mol. The van der Waals surface area contributed by atoms with Crippen LogP contribution in [0.15, 0.2) is 53.4 Å².